The maximum Gasteiger partial charge on any atom is 0.437 e. The van der Waals surface area contributed by atoms with Crippen molar-refractivity contribution in [3.05, 3.63) is 51.6 Å². The fourth-order valence-corrected chi connectivity index (χ4v) is 4.76. The van der Waals surface area contributed by atoms with Crippen molar-refractivity contribution in [2.75, 3.05) is 26.2 Å². The summed E-state index contributed by atoms with van der Waals surface area (Å²) >= 11 is 0. The van der Waals surface area contributed by atoms with Crippen molar-refractivity contribution < 1.29 is 33.3 Å². The van der Waals surface area contributed by atoms with Crippen molar-refractivity contribution >= 4 is 7.75 Å². The van der Waals surface area contributed by atoms with E-state index in [2.05, 4.69) is 30.7 Å². The molecule has 0 amide bonds. The van der Waals surface area contributed by atoms with Gasteiger partial charge >= 0.3 is 13.4 Å². The summed E-state index contributed by atoms with van der Waals surface area (Å²) in [5.41, 5.74) is -2.32. The summed E-state index contributed by atoms with van der Waals surface area (Å²) in [7, 11) is -4.31. The number of aromatic nitrogens is 4. The predicted molar refractivity (Wildman–Crippen MR) is 142 cm³/mol. The predicted octanol–water partition coefficient (Wildman–Crippen LogP) is 1.85. The molecule has 13 nitrogen and oxygen atoms in total. The first-order chi connectivity index (χ1) is 18.5. The number of halogens is 1. The second-order valence-electron chi connectivity index (χ2n) is 9.32. The molecule has 0 spiro atoms. The Labute approximate surface area is 226 Å². The Bertz CT molecular complexity index is 1130. The number of H-pyrrole nitrogens is 1. The van der Waals surface area contributed by atoms with Crippen LogP contribution in [0.2, 0.25) is 0 Å². The van der Waals surface area contributed by atoms with E-state index in [-0.39, 0.29) is 0 Å². The Morgan fingerprint density at radius 2 is 1.69 bits per heavy atom. The van der Waals surface area contributed by atoms with Crippen molar-refractivity contribution in [2.24, 2.45) is 0 Å². The molecule has 0 bridgehead atoms. The van der Waals surface area contributed by atoms with Gasteiger partial charge in [-0.15, -0.1) is 0 Å². The van der Waals surface area contributed by atoms with Crippen LogP contribution in [0.25, 0.3) is 0 Å². The fourth-order valence-electron chi connectivity index (χ4n) is 3.87. The molecule has 222 valence electrons. The van der Waals surface area contributed by atoms with Crippen molar-refractivity contribution in [3.63, 3.8) is 0 Å². The van der Waals surface area contributed by atoms with Gasteiger partial charge in [-0.25, -0.2) is 18.7 Å². The summed E-state index contributed by atoms with van der Waals surface area (Å²) in [6.07, 6.45) is 5.97. The smallest absolute Gasteiger partial charge is 0.387 e. The molecule has 39 heavy (non-hydrogen) atoms. The van der Waals surface area contributed by atoms with E-state index in [1.807, 2.05) is 0 Å². The van der Waals surface area contributed by atoms with Crippen LogP contribution in [-0.4, -0.2) is 83.4 Å². The van der Waals surface area contributed by atoms with Gasteiger partial charge in [0.1, 0.15) is 24.6 Å². The molecule has 0 radical (unpaired) electrons. The van der Waals surface area contributed by atoms with Crippen LogP contribution in [0.1, 0.15) is 65.5 Å². The van der Waals surface area contributed by atoms with Gasteiger partial charge < -0.3 is 24.7 Å². The molecule has 1 saturated heterocycles. The lowest BCUT2D eigenvalue weighted by Crippen LogP contribution is -2.38. The molecule has 2 aromatic rings. The van der Waals surface area contributed by atoms with E-state index in [0.717, 1.165) is 10.7 Å². The zero-order valence-electron chi connectivity index (χ0n) is 22.7. The largest absolute Gasteiger partial charge is 0.437 e. The van der Waals surface area contributed by atoms with Crippen LogP contribution in [0.3, 0.4) is 0 Å². The number of aliphatic hydroxyl groups excluding tert-OH is 2. The van der Waals surface area contributed by atoms with Gasteiger partial charge in [-0.2, -0.15) is 4.39 Å². The number of rotatable bonds is 14. The zero-order valence-corrected chi connectivity index (χ0v) is 23.6. The van der Waals surface area contributed by atoms with Crippen LogP contribution in [0.4, 0.5) is 4.39 Å². The van der Waals surface area contributed by atoms with Crippen LogP contribution in [0.15, 0.2) is 34.5 Å². The average Bonchev–Trinajstić information content (AvgIpc) is 3.55. The Balaban J connectivity index is 0.000000349. The zero-order chi connectivity index (χ0) is 29.0. The van der Waals surface area contributed by atoms with Crippen LogP contribution >= 0.6 is 7.75 Å². The molecular formula is C24H41FN5O8P. The molecule has 0 aromatic carbocycles. The number of hydrogen-bond acceptors (Lipinski definition) is 9. The SMILES string of the molecule is CCCCN(CCCC)CCCC.O=c1[nH]c(=O)n([C@@H]2O[C@H](COP(=O)(O)n3ccnc3)[C@@H](O)[C@H]2O)cc1F. The Hall–Kier alpha value is -2.19. The standard InChI is InChI=1S/C12H14FN4O8P.C12H27N/c13-6-3-17(12(21)15-10(6)20)11-9(19)8(18)7(25-11)4-24-26(22,23)16-2-1-14-5-16;1-4-7-10-13(11-8-5-2)12-9-6-3/h1-3,5,7-9,11,18-19H,4H2,(H,22,23)(H,15,20,21);4-12H2,1-3H3/t7-,8-,9-,11-;/m1./s1. The Morgan fingerprint density at radius 1 is 1.10 bits per heavy atom. The molecule has 15 heteroatoms. The molecule has 3 heterocycles. The summed E-state index contributed by atoms with van der Waals surface area (Å²) in [4.78, 5) is 40.5. The first-order valence-corrected chi connectivity index (χ1v) is 14.8. The molecule has 0 aliphatic carbocycles. The van der Waals surface area contributed by atoms with Crippen LogP contribution < -0.4 is 11.2 Å². The molecule has 5 atom stereocenters. The van der Waals surface area contributed by atoms with E-state index in [4.69, 9.17) is 9.26 Å². The molecule has 1 unspecified atom stereocenters. The molecule has 1 fully saturated rings. The number of ether oxygens (including phenoxy) is 1. The van der Waals surface area contributed by atoms with Crippen LogP contribution in [0.5, 0.6) is 0 Å². The summed E-state index contributed by atoms with van der Waals surface area (Å²) < 4.78 is 36.9. The van der Waals surface area contributed by atoms with Gasteiger partial charge in [-0.05, 0) is 38.9 Å². The van der Waals surface area contributed by atoms with Gasteiger partial charge in [0, 0.05) is 12.4 Å². The molecule has 4 N–H and O–H groups in total. The molecule has 0 saturated carbocycles. The van der Waals surface area contributed by atoms with Crippen LogP contribution in [0, 0.1) is 5.82 Å². The number of nitrogens with one attached hydrogen (secondary N) is 1. The first kappa shape index (κ1) is 33.0. The monoisotopic (exact) mass is 577 g/mol. The molecule has 3 rings (SSSR count). The van der Waals surface area contributed by atoms with Crippen molar-refractivity contribution in [2.45, 2.75) is 83.8 Å². The molecule has 2 aromatic heterocycles. The van der Waals surface area contributed by atoms with Crippen LogP contribution in [-0.2, 0) is 13.8 Å². The lowest BCUT2D eigenvalue weighted by Gasteiger charge is -2.21. The van der Waals surface area contributed by atoms with Gasteiger partial charge in [0.2, 0.25) is 5.82 Å². The lowest BCUT2D eigenvalue weighted by molar-refractivity contribution is -0.0532. The Kier molecular flexibility index (Phi) is 13.7. The lowest BCUT2D eigenvalue weighted by atomic mass is 10.1. The summed E-state index contributed by atoms with van der Waals surface area (Å²) in [5.74, 6) is -1.30. The molecule has 1 aliphatic heterocycles. The van der Waals surface area contributed by atoms with Gasteiger partial charge in [0.05, 0.1) is 12.8 Å². The summed E-state index contributed by atoms with van der Waals surface area (Å²) in [6, 6.07) is 0. The summed E-state index contributed by atoms with van der Waals surface area (Å²) in [5, 5.41) is 20.0. The number of imidazole rings is 1. The third-order valence-electron chi connectivity index (χ3n) is 6.21. The van der Waals surface area contributed by atoms with E-state index in [9.17, 15) is 33.7 Å². The quantitative estimate of drug-likeness (QED) is 0.243. The highest BCUT2D eigenvalue weighted by molar-refractivity contribution is 7.51. The number of aromatic amines is 1. The number of aliphatic hydroxyl groups is 2. The van der Waals surface area contributed by atoms with Crippen molar-refractivity contribution in [1.82, 2.24) is 23.8 Å². The minimum Gasteiger partial charge on any atom is -0.387 e. The topological polar surface area (TPSA) is 172 Å². The number of nitrogens with zero attached hydrogens (tertiary/aromatic N) is 4. The average molecular weight is 578 g/mol. The molecular weight excluding hydrogens is 536 g/mol. The number of unbranched alkanes of at least 4 members (excludes halogenated alkanes) is 3. The van der Waals surface area contributed by atoms with Crippen molar-refractivity contribution in [3.8, 4) is 0 Å². The minimum atomic E-state index is -4.31. The van der Waals surface area contributed by atoms with Gasteiger partial charge in [0.25, 0.3) is 5.56 Å². The van der Waals surface area contributed by atoms with Gasteiger partial charge in [-0.3, -0.25) is 18.9 Å². The highest BCUT2D eigenvalue weighted by Crippen LogP contribution is 2.44. The second-order valence-corrected chi connectivity index (χ2v) is 11.0. The van der Waals surface area contributed by atoms with E-state index in [1.54, 1.807) is 4.98 Å². The Morgan fingerprint density at radius 3 is 2.21 bits per heavy atom. The highest BCUT2D eigenvalue weighted by Gasteiger charge is 2.45. The highest BCUT2D eigenvalue weighted by atomic mass is 31.2. The molecule has 1 aliphatic rings. The number of hydrogen-bond donors (Lipinski definition) is 4. The minimum absolute atomic E-state index is 0.521. The third-order valence-corrected chi connectivity index (χ3v) is 7.51. The van der Waals surface area contributed by atoms with E-state index in [1.165, 1.54) is 70.6 Å². The van der Waals surface area contributed by atoms with Gasteiger partial charge in [0.15, 0.2) is 6.23 Å². The van der Waals surface area contributed by atoms with Gasteiger partial charge in [-0.1, -0.05) is 40.0 Å². The maximum atomic E-state index is 13.4. The van der Waals surface area contributed by atoms with Crippen molar-refractivity contribution in [1.29, 1.82) is 0 Å². The maximum absolute atomic E-state index is 13.4. The second kappa shape index (κ2) is 16.2. The first-order valence-electron chi connectivity index (χ1n) is 13.3. The van der Waals surface area contributed by atoms with E-state index in [0.29, 0.717) is 10.8 Å². The third kappa shape index (κ3) is 9.75. The van der Waals surface area contributed by atoms with E-state index >= 15 is 0 Å². The fraction of sp³-hybridized carbons (Fsp3) is 0.708. The summed E-state index contributed by atoms with van der Waals surface area (Å²) in [6.45, 7) is 10.2. The van der Waals surface area contributed by atoms with E-state index < -0.39 is 56.0 Å². The normalized spacial score (nSPS) is 22.5.